The van der Waals surface area contributed by atoms with Crippen LogP contribution >= 0.6 is 11.6 Å². The van der Waals surface area contributed by atoms with Gasteiger partial charge in [0.2, 0.25) is 0 Å². The molecule has 17 heavy (non-hydrogen) atoms. The SMILES string of the molecule is O=C(O)C1CCCC1Cc1cccc(F)c1Cl. The summed E-state index contributed by atoms with van der Waals surface area (Å²) in [5.41, 5.74) is 0.713. The molecule has 1 saturated carbocycles. The van der Waals surface area contributed by atoms with Gasteiger partial charge in [-0.1, -0.05) is 30.2 Å². The van der Waals surface area contributed by atoms with Crippen molar-refractivity contribution >= 4 is 17.6 Å². The van der Waals surface area contributed by atoms with E-state index >= 15 is 0 Å². The first-order valence-corrected chi connectivity index (χ1v) is 6.13. The van der Waals surface area contributed by atoms with E-state index in [1.54, 1.807) is 12.1 Å². The van der Waals surface area contributed by atoms with Crippen LogP contribution in [0.5, 0.6) is 0 Å². The molecule has 1 N–H and O–H groups in total. The quantitative estimate of drug-likeness (QED) is 0.898. The van der Waals surface area contributed by atoms with E-state index in [9.17, 15) is 9.18 Å². The third-order valence-corrected chi connectivity index (χ3v) is 3.91. The van der Waals surface area contributed by atoms with E-state index in [4.69, 9.17) is 16.7 Å². The fraction of sp³-hybridized carbons (Fsp3) is 0.462. The van der Waals surface area contributed by atoms with E-state index in [-0.39, 0.29) is 16.9 Å². The average molecular weight is 257 g/mol. The van der Waals surface area contributed by atoms with Crippen LogP contribution in [-0.2, 0) is 11.2 Å². The predicted octanol–water partition coefficient (Wildman–Crippen LogP) is 3.52. The molecule has 0 radical (unpaired) electrons. The highest BCUT2D eigenvalue weighted by molar-refractivity contribution is 6.31. The van der Waals surface area contributed by atoms with Crippen LogP contribution in [-0.4, -0.2) is 11.1 Å². The Labute approximate surface area is 104 Å². The Bertz CT molecular complexity index is 433. The summed E-state index contributed by atoms with van der Waals surface area (Å²) in [5, 5.41) is 9.21. The fourth-order valence-electron chi connectivity index (χ4n) is 2.59. The summed E-state index contributed by atoms with van der Waals surface area (Å²) < 4.78 is 13.3. The fourth-order valence-corrected chi connectivity index (χ4v) is 2.80. The summed E-state index contributed by atoms with van der Waals surface area (Å²) in [4.78, 5) is 11.0. The predicted molar refractivity (Wildman–Crippen MR) is 63.6 cm³/mol. The average Bonchev–Trinajstić information content (AvgIpc) is 2.73. The summed E-state index contributed by atoms with van der Waals surface area (Å²) in [6.07, 6.45) is 3.07. The zero-order valence-corrected chi connectivity index (χ0v) is 10.1. The number of hydrogen-bond donors (Lipinski definition) is 1. The summed E-state index contributed by atoms with van der Waals surface area (Å²) in [6.45, 7) is 0. The Morgan fingerprint density at radius 3 is 2.94 bits per heavy atom. The van der Waals surface area contributed by atoms with Gasteiger partial charge in [-0.05, 0) is 36.8 Å². The highest BCUT2D eigenvalue weighted by atomic mass is 35.5. The molecule has 2 unspecified atom stereocenters. The van der Waals surface area contributed by atoms with Crippen molar-refractivity contribution in [2.24, 2.45) is 11.8 Å². The van der Waals surface area contributed by atoms with E-state index in [1.807, 2.05) is 0 Å². The maximum absolute atomic E-state index is 13.3. The minimum absolute atomic E-state index is 0.0757. The Balaban J connectivity index is 2.15. The van der Waals surface area contributed by atoms with E-state index < -0.39 is 11.8 Å². The summed E-state index contributed by atoms with van der Waals surface area (Å²) in [5.74, 6) is -1.42. The third kappa shape index (κ3) is 2.60. The van der Waals surface area contributed by atoms with Gasteiger partial charge in [-0.15, -0.1) is 0 Å². The molecule has 1 aliphatic carbocycles. The van der Waals surface area contributed by atoms with Gasteiger partial charge in [-0.25, -0.2) is 4.39 Å². The maximum Gasteiger partial charge on any atom is 0.306 e. The molecule has 0 bridgehead atoms. The molecular weight excluding hydrogens is 243 g/mol. The second-order valence-corrected chi connectivity index (χ2v) is 4.93. The van der Waals surface area contributed by atoms with Crippen LogP contribution in [0, 0.1) is 17.7 Å². The van der Waals surface area contributed by atoms with Crippen LogP contribution < -0.4 is 0 Å². The van der Waals surface area contributed by atoms with Crippen molar-refractivity contribution in [3.05, 3.63) is 34.6 Å². The molecule has 2 nitrogen and oxygen atoms in total. The number of halogens is 2. The van der Waals surface area contributed by atoms with Crippen molar-refractivity contribution in [1.82, 2.24) is 0 Å². The van der Waals surface area contributed by atoms with Gasteiger partial charge in [0.1, 0.15) is 5.82 Å². The van der Waals surface area contributed by atoms with Gasteiger partial charge in [0.15, 0.2) is 0 Å². The molecule has 1 fully saturated rings. The molecule has 92 valence electrons. The van der Waals surface area contributed by atoms with Crippen LogP contribution in [0.1, 0.15) is 24.8 Å². The Hall–Kier alpha value is -1.09. The van der Waals surface area contributed by atoms with Crippen LogP contribution in [0.3, 0.4) is 0 Å². The molecule has 2 atom stereocenters. The molecule has 0 aromatic heterocycles. The second kappa shape index (κ2) is 5.05. The van der Waals surface area contributed by atoms with Crippen molar-refractivity contribution in [2.75, 3.05) is 0 Å². The topological polar surface area (TPSA) is 37.3 Å². The number of rotatable bonds is 3. The van der Waals surface area contributed by atoms with Gasteiger partial charge in [0, 0.05) is 0 Å². The highest BCUT2D eigenvalue weighted by Gasteiger charge is 2.33. The first kappa shape index (κ1) is 12.4. The molecule has 1 aromatic rings. The summed E-state index contributed by atoms with van der Waals surface area (Å²) in [7, 11) is 0. The van der Waals surface area contributed by atoms with Gasteiger partial charge in [0.05, 0.1) is 10.9 Å². The molecule has 2 rings (SSSR count). The Morgan fingerprint density at radius 1 is 1.47 bits per heavy atom. The highest BCUT2D eigenvalue weighted by Crippen LogP contribution is 2.36. The van der Waals surface area contributed by atoms with Crippen molar-refractivity contribution in [2.45, 2.75) is 25.7 Å². The minimum atomic E-state index is -0.750. The largest absolute Gasteiger partial charge is 0.481 e. The molecule has 4 heteroatoms. The lowest BCUT2D eigenvalue weighted by Gasteiger charge is -2.16. The Morgan fingerprint density at radius 2 is 2.24 bits per heavy atom. The lowest BCUT2D eigenvalue weighted by atomic mass is 9.90. The number of carboxylic acid groups (broad SMARTS) is 1. The molecule has 0 aliphatic heterocycles. The van der Waals surface area contributed by atoms with E-state index in [1.165, 1.54) is 6.07 Å². The smallest absolute Gasteiger partial charge is 0.306 e. The van der Waals surface area contributed by atoms with Gasteiger partial charge < -0.3 is 5.11 Å². The summed E-state index contributed by atoms with van der Waals surface area (Å²) >= 11 is 5.88. The first-order chi connectivity index (χ1) is 8.09. The second-order valence-electron chi connectivity index (χ2n) is 4.55. The number of hydrogen-bond acceptors (Lipinski definition) is 1. The van der Waals surface area contributed by atoms with Crippen LogP contribution in [0.15, 0.2) is 18.2 Å². The van der Waals surface area contributed by atoms with Crippen molar-refractivity contribution in [1.29, 1.82) is 0 Å². The van der Waals surface area contributed by atoms with E-state index in [0.717, 1.165) is 12.8 Å². The molecule has 1 aliphatic rings. The van der Waals surface area contributed by atoms with Crippen LogP contribution in [0.4, 0.5) is 4.39 Å². The van der Waals surface area contributed by atoms with Crippen molar-refractivity contribution < 1.29 is 14.3 Å². The summed E-state index contributed by atoms with van der Waals surface area (Å²) in [6, 6.07) is 4.69. The van der Waals surface area contributed by atoms with Gasteiger partial charge >= 0.3 is 5.97 Å². The Kier molecular flexibility index (Phi) is 3.67. The molecule has 0 saturated heterocycles. The van der Waals surface area contributed by atoms with E-state index in [2.05, 4.69) is 0 Å². The molecule has 1 aromatic carbocycles. The van der Waals surface area contributed by atoms with Gasteiger partial charge in [-0.2, -0.15) is 0 Å². The van der Waals surface area contributed by atoms with Crippen LogP contribution in [0.25, 0.3) is 0 Å². The normalized spacial score (nSPS) is 23.9. The van der Waals surface area contributed by atoms with E-state index in [0.29, 0.717) is 18.4 Å². The minimum Gasteiger partial charge on any atom is -0.481 e. The van der Waals surface area contributed by atoms with Gasteiger partial charge in [-0.3, -0.25) is 4.79 Å². The van der Waals surface area contributed by atoms with Gasteiger partial charge in [0.25, 0.3) is 0 Å². The molecule has 0 amide bonds. The molecule has 0 heterocycles. The zero-order valence-electron chi connectivity index (χ0n) is 9.33. The zero-order chi connectivity index (χ0) is 12.4. The number of aliphatic carboxylic acids is 1. The maximum atomic E-state index is 13.3. The number of carboxylic acids is 1. The monoisotopic (exact) mass is 256 g/mol. The number of carbonyl (C=O) groups is 1. The number of benzene rings is 1. The van der Waals surface area contributed by atoms with Crippen molar-refractivity contribution in [3.8, 4) is 0 Å². The molecular formula is C13H14ClFO2. The molecule has 0 spiro atoms. The van der Waals surface area contributed by atoms with Crippen LogP contribution in [0.2, 0.25) is 5.02 Å². The van der Waals surface area contributed by atoms with Crippen molar-refractivity contribution in [3.63, 3.8) is 0 Å². The lowest BCUT2D eigenvalue weighted by Crippen LogP contribution is -2.20. The first-order valence-electron chi connectivity index (χ1n) is 5.75. The lowest BCUT2D eigenvalue weighted by molar-refractivity contribution is -0.142. The third-order valence-electron chi connectivity index (χ3n) is 3.49. The standard InChI is InChI=1S/C13H14ClFO2/c14-12-9(4-2-6-11(12)15)7-8-3-1-5-10(8)13(16)17/h2,4,6,8,10H,1,3,5,7H2,(H,16,17).